The number of rotatable bonds is 0. The molecule has 0 saturated heterocycles. The molecular formula is C98H62N10. The number of pyridine rings is 6. The molecule has 0 atom stereocenters. The summed E-state index contributed by atoms with van der Waals surface area (Å²) in [6.07, 6.45) is 24.3. The molecule has 8 aromatic heterocycles. The van der Waals surface area contributed by atoms with E-state index in [1.807, 2.05) is 98.6 Å². The van der Waals surface area contributed by atoms with Crippen molar-refractivity contribution >= 4 is 194 Å². The zero-order chi connectivity index (χ0) is 71.7. The standard InChI is InChI=1S/2C17H11N.4C16H10N2/c1-2-7-14-12(6-1)13-8-3-4-9-15(13)17-16(14)10-5-11-18-17;1-2-7-14-12(5-1)13-6-3-4-8-15(13)17-11-18-10-9-16(14)17;1-3-7-13-11(5-1)12-6-2-4-8-14(12)16-10-18-17-9-15(13)16;1-2-7-13-11(5-1)12-6-3-4-8-14(12)16-15(13)9-10-17-18-16;1-2-5-13-11(4-1)12-7-9-17-10-15(12)14-6-3-8-18-16(13)14;1-2-4-12-11(3-1)13-5-7-17-10-16(13)14-6-8-18-9-15(12)14/h2*1-11H;4*1-10H. The highest BCUT2D eigenvalue weighted by Crippen LogP contribution is 2.40. The summed E-state index contributed by atoms with van der Waals surface area (Å²) in [6, 6.07) is 103. The van der Waals surface area contributed by atoms with Gasteiger partial charge in [0.1, 0.15) is 5.52 Å². The predicted octanol–water partition coefficient (Wildman–Crippen LogP) is 24.8. The average Bonchev–Trinajstić information content (AvgIpc) is 0.791. The molecule has 10 nitrogen and oxygen atoms in total. The van der Waals surface area contributed by atoms with Crippen LogP contribution in [0.5, 0.6) is 0 Å². The molecule has 0 fully saturated rings. The maximum absolute atomic E-state index is 4.56. The Hall–Kier alpha value is -14.7. The van der Waals surface area contributed by atoms with Crippen molar-refractivity contribution in [3.05, 3.63) is 378 Å². The first-order chi connectivity index (χ1) is 53.7. The van der Waals surface area contributed by atoms with Gasteiger partial charge in [0, 0.05) is 127 Å². The molecular weight excluding hydrogens is 1320 g/mol. The molecule has 16 aromatic carbocycles. The first-order valence-corrected chi connectivity index (χ1v) is 36.0. The number of benzene rings is 16. The molecule has 0 bridgehead atoms. The van der Waals surface area contributed by atoms with Crippen LogP contribution in [0.2, 0.25) is 0 Å². The van der Waals surface area contributed by atoms with Crippen molar-refractivity contribution in [3.63, 3.8) is 0 Å². The van der Waals surface area contributed by atoms with Crippen molar-refractivity contribution in [2.24, 2.45) is 0 Å². The molecule has 8 heterocycles. The molecule has 0 aliphatic heterocycles. The van der Waals surface area contributed by atoms with E-state index in [0.717, 1.165) is 16.6 Å². The number of nitrogens with zero attached hydrogens (tertiary/aromatic N) is 10. The summed E-state index contributed by atoms with van der Waals surface area (Å²) in [4.78, 5) is 26.1. The van der Waals surface area contributed by atoms with E-state index in [1.54, 1.807) is 6.20 Å². The van der Waals surface area contributed by atoms with Crippen LogP contribution in [0.4, 0.5) is 0 Å². The Morgan fingerprint density at radius 2 is 0.296 bits per heavy atom. The van der Waals surface area contributed by atoms with Gasteiger partial charge in [-0.15, -0.1) is 5.10 Å². The molecule has 504 valence electrons. The lowest BCUT2D eigenvalue weighted by Crippen LogP contribution is -1.87. The highest BCUT2D eigenvalue weighted by Gasteiger charge is 2.14. The summed E-state index contributed by atoms with van der Waals surface area (Å²) in [6.45, 7) is 0. The summed E-state index contributed by atoms with van der Waals surface area (Å²) < 4.78 is 0. The fourth-order valence-corrected chi connectivity index (χ4v) is 16.0. The van der Waals surface area contributed by atoms with Crippen molar-refractivity contribution in [1.82, 2.24) is 50.3 Å². The third kappa shape index (κ3) is 11.4. The van der Waals surface area contributed by atoms with Crippen LogP contribution in [-0.2, 0) is 0 Å². The molecule has 24 aromatic rings. The SMILES string of the molecule is c1ccc2c(c1)c1ccccc1c1cnccc21.c1ccc2c(c1)c1ccccc1c1cnncc21.c1ccc2c(c1)c1ccccc1c1ncccc21.c1ccc2c(c1)c1ccccc1c1nnccc21.c1ccc2c(c1)c1ccncc1c1cccnc21.c1ccc2c(c1)c1ccncc1c1ccncc21. The molecule has 108 heavy (non-hydrogen) atoms. The van der Waals surface area contributed by atoms with Crippen molar-refractivity contribution in [2.45, 2.75) is 0 Å². The van der Waals surface area contributed by atoms with E-state index in [-0.39, 0.29) is 0 Å². The minimum absolute atomic E-state index is 0.979. The van der Waals surface area contributed by atoms with Gasteiger partial charge in [-0.3, -0.25) is 29.9 Å². The summed E-state index contributed by atoms with van der Waals surface area (Å²) >= 11 is 0. The highest BCUT2D eigenvalue weighted by molar-refractivity contribution is 6.29. The Labute approximate surface area is 618 Å². The molecule has 10 heteroatoms. The molecule has 24 rings (SSSR count). The van der Waals surface area contributed by atoms with Gasteiger partial charge >= 0.3 is 0 Å². The van der Waals surface area contributed by atoms with Gasteiger partial charge in [0.25, 0.3) is 0 Å². The second kappa shape index (κ2) is 28.1. The number of hydrogen-bond acceptors (Lipinski definition) is 10. The second-order valence-electron chi connectivity index (χ2n) is 26.5. The van der Waals surface area contributed by atoms with Gasteiger partial charge in [0.15, 0.2) is 0 Å². The van der Waals surface area contributed by atoms with Gasteiger partial charge < -0.3 is 0 Å². The van der Waals surface area contributed by atoms with E-state index >= 15 is 0 Å². The molecule has 0 saturated carbocycles. The number of aromatic nitrogens is 10. The van der Waals surface area contributed by atoms with Gasteiger partial charge in [-0.25, -0.2) is 0 Å². The van der Waals surface area contributed by atoms with Crippen LogP contribution < -0.4 is 0 Å². The van der Waals surface area contributed by atoms with Gasteiger partial charge in [0.2, 0.25) is 0 Å². The first kappa shape index (κ1) is 64.1. The van der Waals surface area contributed by atoms with Crippen molar-refractivity contribution in [3.8, 4) is 0 Å². The van der Waals surface area contributed by atoms with Crippen LogP contribution in [0, 0.1) is 0 Å². The van der Waals surface area contributed by atoms with Gasteiger partial charge in [-0.1, -0.05) is 255 Å². The molecule has 0 N–H and O–H groups in total. The molecule has 0 radical (unpaired) electrons. The zero-order valence-electron chi connectivity index (χ0n) is 58.3. The molecule has 0 aliphatic carbocycles. The summed E-state index contributed by atoms with van der Waals surface area (Å²) in [7, 11) is 0. The summed E-state index contributed by atoms with van der Waals surface area (Å²) in [5.41, 5.74) is 3.12. The van der Waals surface area contributed by atoms with E-state index < -0.39 is 0 Å². The van der Waals surface area contributed by atoms with Gasteiger partial charge in [-0.05, 0) is 156 Å². The lowest BCUT2D eigenvalue weighted by molar-refractivity contribution is 1.05. The monoisotopic (exact) mass is 1380 g/mol. The van der Waals surface area contributed by atoms with Crippen LogP contribution in [0.15, 0.2) is 378 Å². The normalized spacial score (nSPS) is 11.3. The lowest BCUT2D eigenvalue weighted by Gasteiger charge is -2.09. The fraction of sp³-hybridized carbons (Fsp3) is 0. The van der Waals surface area contributed by atoms with Crippen LogP contribution >= 0.6 is 0 Å². The fourth-order valence-electron chi connectivity index (χ4n) is 16.0. The van der Waals surface area contributed by atoms with Gasteiger partial charge in [0.05, 0.1) is 29.6 Å². The molecule has 0 spiro atoms. The summed E-state index contributed by atoms with van der Waals surface area (Å²) in [5.74, 6) is 0. The minimum Gasteiger partial charge on any atom is -0.264 e. The third-order valence-corrected chi connectivity index (χ3v) is 20.7. The topological polar surface area (TPSA) is 129 Å². The Morgan fingerprint density at radius 3 is 0.583 bits per heavy atom. The maximum atomic E-state index is 4.56. The van der Waals surface area contributed by atoms with E-state index in [9.17, 15) is 0 Å². The first-order valence-electron chi connectivity index (χ1n) is 36.0. The largest absolute Gasteiger partial charge is 0.264 e. The van der Waals surface area contributed by atoms with E-state index in [0.29, 0.717) is 0 Å². The lowest BCUT2D eigenvalue weighted by atomic mass is 9.96. The van der Waals surface area contributed by atoms with Crippen LogP contribution in [0.1, 0.15) is 0 Å². The Kier molecular flexibility index (Phi) is 16.7. The maximum Gasteiger partial charge on any atom is 0.101 e. The van der Waals surface area contributed by atoms with Gasteiger partial charge in [-0.2, -0.15) is 15.3 Å². The van der Waals surface area contributed by atoms with E-state index in [2.05, 4.69) is 323 Å². The zero-order valence-corrected chi connectivity index (χ0v) is 58.3. The minimum atomic E-state index is 0.979. The molecule has 0 aliphatic rings. The van der Waals surface area contributed by atoms with Crippen LogP contribution in [0.3, 0.4) is 0 Å². The van der Waals surface area contributed by atoms with Crippen molar-refractivity contribution < 1.29 is 0 Å². The van der Waals surface area contributed by atoms with Crippen molar-refractivity contribution in [1.29, 1.82) is 0 Å². The Bertz CT molecular complexity index is 5130. The Morgan fingerprint density at radius 1 is 0.120 bits per heavy atom. The third-order valence-electron chi connectivity index (χ3n) is 20.7. The predicted molar refractivity (Wildman–Crippen MR) is 452 cm³/mol. The van der Waals surface area contributed by atoms with E-state index in [4.69, 9.17) is 0 Å². The molecule has 0 amide bonds. The highest BCUT2D eigenvalue weighted by atomic mass is 15.1. The average molecular weight is 1380 g/mol. The quantitative estimate of drug-likeness (QED) is 0.135. The van der Waals surface area contributed by atoms with Crippen molar-refractivity contribution in [2.75, 3.05) is 0 Å². The Balaban J connectivity index is 0.0000000882. The smallest absolute Gasteiger partial charge is 0.101 e. The number of hydrogen-bond donors (Lipinski definition) is 0. The van der Waals surface area contributed by atoms with Crippen LogP contribution in [0.25, 0.3) is 194 Å². The van der Waals surface area contributed by atoms with E-state index in [1.165, 1.54) is 178 Å². The summed E-state index contributed by atoms with van der Waals surface area (Å²) in [5, 5.41) is 57.2. The second-order valence-corrected chi connectivity index (χ2v) is 26.5. The number of fused-ring (bicyclic) bond motifs is 36. The van der Waals surface area contributed by atoms with Crippen LogP contribution in [-0.4, -0.2) is 50.3 Å². The molecule has 0 unspecified atom stereocenters.